The number of aromatic nitrogens is 1. The fourth-order valence-electron chi connectivity index (χ4n) is 3.27. The Morgan fingerprint density at radius 1 is 1.36 bits per heavy atom. The Bertz CT molecular complexity index is 505. The zero-order chi connectivity index (χ0) is 17.5. The van der Waals surface area contributed by atoms with E-state index in [-0.39, 0.29) is 30.3 Å². The van der Waals surface area contributed by atoms with Gasteiger partial charge in [-0.15, -0.1) is 12.4 Å². The van der Waals surface area contributed by atoms with Gasteiger partial charge >= 0.3 is 0 Å². The van der Waals surface area contributed by atoms with Gasteiger partial charge in [0.05, 0.1) is 6.04 Å². The van der Waals surface area contributed by atoms with Crippen LogP contribution in [0, 0.1) is 11.8 Å². The Hall–Kier alpha value is -1.33. The zero-order valence-corrected chi connectivity index (χ0v) is 16.5. The number of amides is 1. The maximum Gasteiger partial charge on any atom is 0.239 e. The van der Waals surface area contributed by atoms with Crippen molar-refractivity contribution >= 4 is 24.0 Å². The number of rotatable bonds is 7. The maximum absolute atomic E-state index is 12.3. The highest BCUT2D eigenvalue weighted by molar-refractivity contribution is 5.85. The third-order valence-electron chi connectivity index (χ3n) is 5.43. The Kier molecular flexibility index (Phi) is 9.22. The highest BCUT2D eigenvalue weighted by Gasteiger charge is 2.24. The average molecular weight is 369 g/mol. The maximum atomic E-state index is 12.3. The van der Waals surface area contributed by atoms with Crippen LogP contribution in [-0.4, -0.2) is 48.5 Å². The second-order valence-electron chi connectivity index (χ2n) is 7.10. The topological polar surface area (TPSA) is 62.5 Å². The molecule has 0 aliphatic carbocycles. The zero-order valence-electron chi connectivity index (χ0n) is 15.7. The van der Waals surface area contributed by atoms with Crippen molar-refractivity contribution in [3.63, 3.8) is 0 Å². The van der Waals surface area contributed by atoms with Crippen molar-refractivity contribution in [2.45, 2.75) is 45.6 Å². The minimum absolute atomic E-state index is 0. The molecule has 2 unspecified atom stereocenters. The lowest BCUT2D eigenvalue weighted by Gasteiger charge is -2.34. The van der Waals surface area contributed by atoms with Gasteiger partial charge in [0.25, 0.3) is 0 Å². The molecule has 1 amide bonds. The fraction of sp³-hybridized carbons (Fsp3) is 0.684. The summed E-state index contributed by atoms with van der Waals surface area (Å²) in [5.41, 5.74) is 7.32. The van der Waals surface area contributed by atoms with E-state index in [1.54, 1.807) is 0 Å². The number of likely N-dealkylation sites (N-methyl/N-ethyl adjacent to an activating group) is 1. The molecule has 142 valence electrons. The number of halogens is 1. The number of piperidine rings is 1. The van der Waals surface area contributed by atoms with E-state index in [9.17, 15) is 4.79 Å². The average Bonchev–Trinajstić information content (AvgIpc) is 2.65. The Labute approximate surface area is 158 Å². The second kappa shape index (κ2) is 10.6. The number of hydrogen-bond acceptors (Lipinski definition) is 4. The van der Waals surface area contributed by atoms with Crippen molar-refractivity contribution in [3.05, 3.63) is 24.5 Å². The van der Waals surface area contributed by atoms with E-state index in [0.717, 1.165) is 32.5 Å². The molecule has 0 saturated carbocycles. The molecule has 1 aliphatic rings. The lowest BCUT2D eigenvalue weighted by Crippen LogP contribution is -2.46. The van der Waals surface area contributed by atoms with Gasteiger partial charge in [-0.1, -0.05) is 20.3 Å². The van der Waals surface area contributed by atoms with E-state index in [4.69, 9.17) is 5.73 Å². The molecule has 25 heavy (non-hydrogen) atoms. The van der Waals surface area contributed by atoms with Gasteiger partial charge in [-0.25, -0.2) is 0 Å². The van der Waals surface area contributed by atoms with Crippen LogP contribution >= 0.6 is 12.4 Å². The molecule has 1 aromatic heterocycles. The molecule has 1 aromatic rings. The normalized spacial score (nSPS) is 17.5. The van der Waals surface area contributed by atoms with Crippen LogP contribution in [0.2, 0.25) is 0 Å². The van der Waals surface area contributed by atoms with E-state index >= 15 is 0 Å². The highest BCUT2D eigenvalue weighted by atomic mass is 35.5. The van der Waals surface area contributed by atoms with Crippen LogP contribution in [0.15, 0.2) is 24.5 Å². The molecule has 1 fully saturated rings. The lowest BCUT2D eigenvalue weighted by atomic mass is 9.92. The van der Waals surface area contributed by atoms with Crippen molar-refractivity contribution in [2.24, 2.45) is 17.6 Å². The quantitative estimate of drug-likeness (QED) is 0.803. The van der Waals surface area contributed by atoms with Gasteiger partial charge in [-0.2, -0.15) is 0 Å². The molecule has 6 heteroatoms. The van der Waals surface area contributed by atoms with Gasteiger partial charge < -0.3 is 15.5 Å². The largest absolute Gasteiger partial charge is 0.371 e. The summed E-state index contributed by atoms with van der Waals surface area (Å²) in [5, 5.41) is 0. The number of carbonyl (C=O) groups excluding carboxylic acids is 1. The van der Waals surface area contributed by atoms with Crippen LogP contribution in [-0.2, 0) is 4.79 Å². The predicted octanol–water partition coefficient (Wildman–Crippen LogP) is 2.94. The molecule has 0 bridgehead atoms. The summed E-state index contributed by atoms with van der Waals surface area (Å²) in [5.74, 6) is 1.01. The molecule has 0 spiro atoms. The molecule has 2 heterocycles. The van der Waals surface area contributed by atoms with E-state index in [1.807, 2.05) is 31.3 Å². The Morgan fingerprint density at radius 2 is 1.96 bits per heavy atom. The standard InChI is InChI=1S/C19H32N4O.ClH/c1-4-15(2)18(20)19(24)22(3)12-7-16-8-13-23(14-9-16)17-5-10-21-11-6-17;/h5-6,10-11,15-16,18H,4,7-9,12-14,20H2,1-3H3;1H. The minimum Gasteiger partial charge on any atom is -0.371 e. The van der Waals surface area contributed by atoms with Crippen molar-refractivity contribution in [1.82, 2.24) is 9.88 Å². The van der Waals surface area contributed by atoms with Crippen molar-refractivity contribution in [2.75, 3.05) is 31.6 Å². The van der Waals surface area contributed by atoms with Crippen LogP contribution in [0.3, 0.4) is 0 Å². The van der Waals surface area contributed by atoms with E-state index in [2.05, 4.69) is 28.9 Å². The van der Waals surface area contributed by atoms with E-state index < -0.39 is 0 Å². The van der Waals surface area contributed by atoms with Crippen LogP contribution in [0.1, 0.15) is 39.5 Å². The molecular weight excluding hydrogens is 336 g/mol. The molecule has 2 N–H and O–H groups in total. The SMILES string of the molecule is CCC(C)C(N)C(=O)N(C)CCC1CCN(c2ccncc2)CC1.Cl. The highest BCUT2D eigenvalue weighted by Crippen LogP contribution is 2.25. The number of anilines is 1. The fourth-order valence-corrected chi connectivity index (χ4v) is 3.27. The number of nitrogens with two attached hydrogens (primary N) is 1. The van der Waals surface area contributed by atoms with Gasteiger partial charge in [0.2, 0.25) is 5.91 Å². The number of pyridine rings is 1. The van der Waals surface area contributed by atoms with Crippen LogP contribution in [0.4, 0.5) is 5.69 Å². The lowest BCUT2D eigenvalue weighted by molar-refractivity contribution is -0.132. The summed E-state index contributed by atoms with van der Waals surface area (Å²) in [4.78, 5) is 20.7. The molecular formula is C19H33ClN4O. The molecule has 1 saturated heterocycles. The van der Waals surface area contributed by atoms with Crippen LogP contribution < -0.4 is 10.6 Å². The van der Waals surface area contributed by atoms with Crippen LogP contribution in [0.25, 0.3) is 0 Å². The van der Waals surface area contributed by atoms with Gasteiger partial charge in [0.1, 0.15) is 0 Å². The molecule has 2 atom stereocenters. The Balaban J connectivity index is 0.00000312. The summed E-state index contributed by atoms with van der Waals surface area (Å²) in [6.45, 7) is 7.10. The summed E-state index contributed by atoms with van der Waals surface area (Å²) in [7, 11) is 1.89. The molecule has 2 rings (SSSR count). The first kappa shape index (κ1) is 21.7. The molecule has 1 aliphatic heterocycles. The van der Waals surface area contributed by atoms with E-state index in [0.29, 0.717) is 5.92 Å². The summed E-state index contributed by atoms with van der Waals surface area (Å²) < 4.78 is 0. The third-order valence-corrected chi connectivity index (χ3v) is 5.43. The smallest absolute Gasteiger partial charge is 0.239 e. The van der Waals surface area contributed by atoms with Crippen molar-refractivity contribution in [3.8, 4) is 0 Å². The minimum atomic E-state index is -0.367. The predicted molar refractivity (Wildman–Crippen MR) is 106 cm³/mol. The van der Waals surface area contributed by atoms with E-state index in [1.165, 1.54) is 18.5 Å². The summed E-state index contributed by atoms with van der Waals surface area (Å²) in [6, 6.07) is 3.78. The monoisotopic (exact) mass is 368 g/mol. The number of carbonyl (C=O) groups is 1. The summed E-state index contributed by atoms with van der Waals surface area (Å²) in [6.07, 6.45) is 8.07. The first-order valence-corrected chi connectivity index (χ1v) is 9.18. The first-order valence-electron chi connectivity index (χ1n) is 9.18. The Morgan fingerprint density at radius 3 is 2.52 bits per heavy atom. The molecule has 0 aromatic carbocycles. The summed E-state index contributed by atoms with van der Waals surface area (Å²) >= 11 is 0. The van der Waals surface area contributed by atoms with Gasteiger partial charge in [-0.05, 0) is 43.2 Å². The molecule has 0 radical (unpaired) electrons. The second-order valence-corrected chi connectivity index (χ2v) is 7.10. The van der Waals surface area contributed by atoms with Gasteiger partial charge in [0, 0.05) is 44.8 Å². The number of nitrogens with zero attached hydrogens (tertiary/aromatic N) is 3. The first-order chi connectivity index (χ1) is 11.5. The molecule has 5 nitrogen and oxygen atoms in total. The third kappa shape index (κ3) is 6.15. The van der Waals surface area contributed by atoms with Crippen molar-refractivity contribution < 1.29 is 4.79 Å². The van der Waals surface area contributed by atoms with Crippen molar-refractivity contribution in [1.29, 1.82) is 0 Å². The van der Waals surface area contributed by atoms with Gasteiger partial charge in [0.15, 0.2) is 0 Å². The number of hydrogen-bond donors (Lipinski definition) is 1. The van der Waals surface area contributed by atoms with Gasteiger partial charge in [-0.3, -0.25) is 9.78 Å². The van der Waals surface area contributed by atoms with Crippen LogP contribution in [0.5, 0.6) is 0 Å².